The molecule has 2 unspecified atom stereocenters. The van der Waals surface area contributed by atoms with Crippen LogP contribution in [-0.4, -0.2) is 48.9 Å². The zero-order valence-corrected chi connectivity index (χ0v) is 13.6. The first-order valence-electron chi connectivity index (χ1n) is 6.97. The van der Waals surface area contributed by atoms with Crippen molar-refractivity contribution in [2.45, 2.75) is 24.9 Å². The second-order valence-corrected chi connectivity index (χ2v) is 6.26. The zero-order valence-electron chi connectivity index (χ0n) is 12.1. The van der Waals surface area contributed by atoms with E-state index in [1.165, 1.54) is 0 Å². The first kappa shape index (κ1) is 15.5. The predicted molar refractivity (Wildman–Crippen MR) is 84.4 cm³/mol. The van der Waals surface area contributed by atoms with Crippen LogP contribution < -0.4 is 5.73 Å². The minimum Gasteiger partial charge on any atom is -0.347 e. The van der Waals surface area contributed by atoms with Crippen molar-refractivity contribution in [3.63, 3.8) is 0 Å². The molecule has 1 amide bonds. The molecule has 5 heteroatoms. The Balaban J connectivity index is 2.27. The highest BCUT2D eigenvalue weighted by molar-refractivity contribution is 9.10. The van der Waals surface area contributed by atoms with Crippen LogP contribution in [0.4, 0.5) is 0 Å². The number of rotatable bonds is 4. The summed E-state index contributed by atoms with van der Waals surface area (Å²) in [6.07, 6.45) is 1.96. The summed E-state index contributed by atoms with van der Waals surface area (Å²) in [5.74, 6) is 0.174. The lowest BCUT2D eigenvalue weighted by atomic mass is 10.0. The lowest BCUT2D eigenvalue weighted by Crippen LogP contribution is -2.46. The number of amides is 1. The molecule has 1 aromatic carbocycles. The molecule has 20 heavy (non-hydrogen) atoms. The van der Waals surface area contributed by atoms with Gasteiger partial charge in [0.15, 0.2) is 0 Å². The Bertz CT molecular complexity index is 478. The summed E-state index contributed by atoms with van der Waals surface area (Å²) in [6.45, 7) is 1.44. The van der Waals surface area contributed by atoms with Crippen LogP contribution in [-0.2, 0) is 4.79 Å². The summed E-state index contributed by atoms with van der Waals surface area (Å²) in [4.78, 5) is 16.3. The highest BCUT2D eigenvalue weighted by Gasteiger charge is 2.36. The molecule has 1 saturated heterocycles. The number of likely N-dealkylation sites (tertiary alicyclic amines) is 1. The summed E-state index contributed by atoms with van der Waals surface area (Å²) < 4.78 is 1.05. The van der Waals surface area contributed by atoms with E-state index in [9.17, 15) is 4.79 Å². The van der Waals surface area contributed by atoms with E-state index in [1.54, 1.807) is 4.90 Å². The molecule has 2 atom stereocenters. The minimum atomic E-state index is -0.0503. The Morgan fingerprint density at radius 2 is 2.20 bits per heavy atom. The first-order chi connectivity index (χ1) is 9.56. The number of hydrogen-bond donors (Lipinski definition) is 1. The molecule has 110 valence electrons. The summed E-state index contributed by atoms with van der Waals surface area (Å²) in [5.41, 5.74) is 7.17. The second kappa shape index (κ2) is 6.70. The second-order valence-electron chi connectivity index (χ2n) is 5.40. The molecule has 1 aliphatic heterocycles. The number of likely N-dealkylation sites (N-methyl/N-ethyl adjacent to an activating group) is 1. The van der Waals surface area contributed by atoms with Gasteiger partial charge in [-0.15, -0.1) is 0 Å². The van der Waals surface area contributed by atoms with Crippen LogP contribution in [0.2, 0.25) is 0 Å². The monoisotopic (exact) mass is 339 g/mol. The molecule has 1 heterocycles. The standard InChI is InChI=1S/C15H22BrN3O/c1-18(2)15(20)13-8-5-9-19(13)14(10-17)11-6-3-4-7-12(11)16/h3-4,6-7,13-14H,5,8-10,17H2,1-2H3. The average molecular weight is 340 g/mol. The number of nitrogens with zero attached hydrogens (tertiary/aromatic N) is 2. The maximum atomic E-state index is 12.3. The fourth-order valence-electron chi connectivity index (χ4n) is 2.91. The molecular weight excluding hydrogens is 318 g/mol. The number of benzene rings is 1. The van der Waals surface area contributed by atoms with E-state index in [2.05, 4.69) is 26.9 Å². The molecule has 0 aromatic heterocycles. The van der Waals surface area contributed by atoms with Crippen molar-refractivity contribution in [2.24, 2.45) is 5.73 Å². The molecule has 1 aliphatic rings. The van der Waals surface area contributed by atoms with Crippen LogP contribution in [0, 0.1) is 0 Å². The Kier molecular flexibility index (Phi) is 5.18. The van der Waals surface area contributed by atoms with Gasteiger partial charge in [-0.25, -0.2) is 0 Å². The maximum absolute atomic E-state index is 12.3. The van der Waals surface area contributed by atoms with Crippen LogP contribution in [0.25, 0.3) is 0 Å². The number of carbonyl (C=O) groups is 1. The number of carbonyl (C=O) groups excluding carboxylic acids is 1. The topological polar surface area (TPSA) is 49.6 Å². The van der Waals surface area contributed by atoms with Gasteiger partial charge in [0.2, 0.25) is 5.91 Å². The van der Waals surface area contributed by atoms with Gasteiger partial charge < -0.3 is 10.6 Å². The molecule has 0 bridgehead atoms. The molecule has 0 spiro atoms. The van der Waals surface area contributed by atoms with Gasteiger partial charge in [0.1, 0.15) is 0 Å². The Morgan fingerprint density at radius 1 is 1.50 bits per heavy atom. The van der Waals surface area contributed by atoms with E-state index in [4.69, 9.17) is 5.73 Å². The summed E-state index contributed by atoms with van der Waals surface area (Å²) in [7, 11) is 3.63. The van der Waals surface area contributed by atoms with E-state index in [1.807, 2.05) is 32.3 Å². The van der Waals surface area contributed by atoms with Crippen LogP contribution in [0.15, 0.2) is 28.7 Å². The highest BCUT2D eigenvalue weighted by atomic mass is 79.9. The fourth-order valence-corrected chi connectivity index (χ4v) is 3.46. The molecule has 0 aliphatic carbocycles. The van der Waals surface area contributed by atoms with Crippen molar-refractivity contribution >= 4 is 21.8 Å². The van der Waals surface area contributed by atoms with Crippen molar-refractivity contribution in [1.82, 2.24) is 9.80 Å². The fraction of sp³-hybridized carbons (Fsp3) is 0.533. The molecule has 1 aromatic rings. The van der Waals surface area contributed by atoms with E-state index < -0.39 is 0 Å². The van der Waals surface area contributed by atoms with E-state index in [0.717, 1.165) is 29.4 Å². The van der Waals surface area contributed by atoms with Gasteiger partial charge in [0, 0.05) is 31.2 Å². The third-order valence-corrected chi connectivity index (χ3v) is 4.63. The van der Waals surface area contributed by atoms with Gasteiger partial charge in [-0.2, -0.15) is 0 Å². The molecule has 2 rings (SSSR count). The van der Waals surface area contributed by atoms with E-state index in [-0.39, 0.29) is 18.0 Å². The normalized spacial score (nSPS) is 20.9. The van der Waals surface area contributed by atoms with Crippen LogP contribution in [0.3, 0.4) is 0 Å². The van der Waals surface area contributed by atoms with Crippen molar-refractivity contribution in [3.8, 4) is 0 Å². The molecular formula is C15H22BrN3O. The van der Waals surface area contributed by atoms with Crippen LogP contribution in [0.1, 0.15) is 24.4 Å². The molecule has 0 saturated carbocycles. The van der Waals surface area contributed by atoms with Gasteiger partial charge in [0.25, 0.3) is 0 Å². The predicted octanol–water partition coefficient (Wildman–Crippen LogP) is 2.00. The molecule has 0 radical (unpaired) electrons. The number of hydrogen-bond acceptors (Lipinski definition) is 3. The minimum absolute atomic E-state index is 0.0503. The lowest BCUT2D eigenvalue weighted by molar-refractivity contribution is -0.134. The summed E-state index contributed by atoms with van der Waals surface area (Å²) >= 11 is 3.59. The molecule has 2 N–H and O–H groups in total. The van der Waals surface area contributed by atoms with Crippen molar-refractivity contribution < 1.29 is 4.79 Å². The lowest BCUT2D eigenvalue weighted by Gasteiger charge is -2.33. The van der Waals surface area contributed by atoms with Crippen molar-refractivity contribution in [3.05, 3.63) is 34.3 Å². The van der Waals surface area contributed by atoms with Gasteiger partial charge in [-0.1, -0.05) is 34.1 Å². The third kappa shape index (κ3) is 3.05. The van der Waals surface area contributed by atoms with Gasteiger partial charge >= 0.3 is 0 Å². The highest BCUT2D eigenvalue weighted by Crippen LogP contribution is 2.33. The van der Waals surface area contributed by atoms with Crippen molar-refractivity contribution in [1.29, 1.82) is 0 Å². The smallest absolute Gasteiger partial charge is 0.239 e. The Morgan fingerprint density at radius 3 is 2.80 bits per heavy atom. The van der Waals surface area contributed by atoms with E-state index in [0.29, 0.717) is 6.54 Å². The van der Waals surface area contributed by atoms with Gasteiger partial charge in [0.05, 0.1) is 6.04 Å². The quantitative estimate of drug-likeness (QED) is 0.912. The van der Waals surface area contributed by atoms with Crippen molar-refractivity contribution in [2.75, 3.05) is 27.2 Å². The van der Waals surface area contributed by atoms with Gasteiger partial charge in [-0.3, -0.25) is 9.69 Å². The third-order valence-electron chi connectivity index (χ3n) is 3.91. The largest absolute Gasteiger partial charge is 0.347 e. The molecule has 4 nitrogen and oxygen atoms in total. The average Bonchev–Trinajstić information content (AvgIpc) is 2.90. The molecule has 1 fully saturated rings. The van der Waals surface area contributed by atoms with Gasteiger partial charge in [-0.05, 0) is 31.0 Å². The Hall–Kier alpha value is -0.910. The van der Waals surface area contributed by atoms with Crippen LogP contribution in [0.5, 0.6) is 0 Å². The summed E-state index contributed by atoms with van der Waals surface area (Å²) in [6, 6.07) is 8.15. The Labute approximate surface area is 129 Å². The summed E-state index contributed by atoms with van der Waals surface area (Å²) in [5, 5.41) is 0. The number of nitrogens with two attached hydrogens (primary N) is 1. The van der Waals surface area contributed by atoms with Crippen LogP contribution >= 0.6 is 15.9 Å². The zero-order chi connectivity index (χ0) is 14.7. The maximum Gasteiger partial charge on any atom is 0.239 e. The first-order valence-corrected chi connectivity index (χ1v) is 7.77. The van der Waals surface area contributed by atoms with E-state index >= 15 is 0 Å². The number of halogens is 1. The SMILES string of the molecule is CN(C)C(=O)C1CCCN1C(CN)c1ccccc1Br.